The van der Waals surface area contributed by atoms with E-state index in [-0.39, 0.29) is 6.10 Å². The van der Waals surface area contributed by atoms with Crippen LogP contribution in [0.5, 0.6) is 0 Å². The average Bonchev–Trinajstić information content (AvgIpc) is 2.86. The van der Waals surface area contributed by atoms with Gasteiger partial charge in [-0.25, -0.2) is 0 Å². The van der Waals surface area contributed by atoms with Crippen molar-refractivity contribution in [3.63, 3.8) is 0 Å². The van der Waals surface area contributed by atoms with Crippen LogP contribution in [0.4, 0.5) is 0 Å². The minimum atomic E-state index is -0.0357. The number of hydrogen-bond donors (Lipinski definition) is 2. The van der Waals surface area contributed by atoms with Gasteiger partial charge < -0.3 is 10.4 Å². The average molecular weight is 496 g/mol. The molecular weight excluding hydrogens is 426 g/mol. The van der Waals surface area contributed by atoms with Gasteiger partial charge in [-0.3, -0.25) is 0 Å². The second-order valence-corrected chi connectivity index (χ2v) is 11.5. The lowest BCUT2D eigenvalue weighted by Crippen LogP contribution is -2.06. The minimum Gasteiger partial charge on any atom is -0.393 e. The van der Waals surface area contributed by atoms with E-state index in [0.29, 0.717) is 0 Å². The van der Waals surface area contributed by atoms with Crippen LogP contribution in [0.3, 0.4) is 0 Å². The van der Waals surface area contributed by atoms with Gasteiger partial charge in [-0.15, -0.1) is 0 Å². The summed E-state index contributed by atoms with van der Waals surface area (Å²) < 4.78 is 0. The van der Waals surface area contributed by atoms with E-state index in [1.807, 2.05) is 7.05 Å². The third-order valence-electron chi connectivity index (χ3n) is 7.86. The van der Waals surface area contributed by atoms with Crippen LogP contribution in [-0.2, 0) is 0 Å². The Morgan fingerprint density at radius 2 is 0.657 bits per heavy atom. The Kier molecular flexibility index (Phi) is 31.9. The highest BCUT2D eigenvalue weighted by Gasteiger charge is 2.04. The Balaban J connectivity index is 3.13. The number of rotatable bonds is 31. The molecule has 0 aromatic rings. The molecule has 0 fully saturated rings. The van der Waals surface area contributed by atoms with Gasteiger partial charge in [0.1, 0.15) is 0 Å². The Morgan fingerprint density at radius 3 is 0.943 bits per heavy atom. The molecule has 0 amide bonds. The summed E-state index contributed by atoms with van der Waals surface area (Å²) in [7, 11) is 2.05. The number of nitrogens with one attached hydrogen (secondary N) is 1. The summed E-state index contributed by atoms with van der Waals surface area (Å²) in [6.07, 6.45) is 39.8. The third kappa shape index (κ3) is 31.9. The van der Waals surface area contributed by atoms with Crippen molar-refractivity contribution in [1.82, 2.24) is 5.32 Å². The maximum atomic E-state index is 10.2. The van der Waals surface area contributed by atoms with Crippen molar-refractivity contribution in [2.45, 2.75) is 199 Å². The van der Waals surface area contributed by atoms with Crippen molar-refractivity contribution < 1.29 is 5.11 Å². The summed E-state index contributed by atoms with van der Waals surface area (Å²) in [6.45, 7) is 3.47. The van der Waals surface area contributed by atoms with Crippen molar-refractivity contribution in [2.75, 3.05) is 13.6 Å². The molecule has 2 nitrogen and oxygen atoms in total. The topological polar surface area (TPSA) is 32.3 Å². The summed E-state index contributed by atoms with van der Waals surface area (Å²) in [5.41, 5.74) is 0. The van der Waals surface area contributed by atoms with Gasteiger partial charge in [0.05, 0.1) is 6.10 Å². The molecule has 1 unspecified atom stereocenters. The van der Waals surface area contributed by atoms with E-state index in [1.165, 1.54) is 180 Å². The highest BCUT2D eigenvalue weighted by Crippen LogP contribution is 2.16. The van der Waals surface area contributed by atoms with E-state index in [1.54, 1.807) is 0 Å². The number of unbranched alkanes of at least 4 members (excludes halogenated alkanes) is 25. The van der Waals surface area contributed by atoms with E-state index < -0.39 is 0 Å². The highest BCUT2D eigenvalue weighted by atomic mass is 16.3. The Bertz CT molecular complexity index is 359. The maximum absolute atomic E-state index is 10.2. The second-order valence-electron chi connectivity index (χ2n) is 11.5. The van der Waals surface area contributed by atoms with Crippen molar-refractivity contribution in [3.05, 3.63) is 0 Å². The molecular formula is C33H69NO. The molecule has 0 aliphatic rings. The monoisotopic (exact) mass is 496 g/mol. The van der Waals surface area contributed by atoms with Crippen molar-refractivity contribution in [2.24, 2.45) is 0 Å². The first-order valence-electron chi connectivity index (χ1n) is 16.6. The summed E-state index contributed by atoms with van der Waals surface area (Å²) in [4.78, 5) is 0. The molecule has 0 aliphatic carbocycles. The number of aliphatic hydroxyl groups excluding tert-OH is 1. The number of aliphatic hydroxyl groups is 1. The summed E-state index contributed by atoms with van der Waals surface area (Å²) in [5, 5.41) is 13.5. The molecule has 35 heavy (non-hydrogen) atoms. The zero-order valence-electron chi connectivity index (χ0n) is 24.7. The molecule has 2 N–H and O–H groups in total. The quantitative estimate of drug-likeness (QED) is 0.0937. The lowest BCUT2D eigenvalue weighted by molar-refractivity contribution is 0.147. The predicted molar refractivity (Wildman–Crippen MR) is 160 cm³/mol. The van der Waals surface area contributed by atoms with Crippen LogP contribution >= 0.6 is 0 Å². The largest absolute Gasteiger partial charge is 0.393 e. The van der Waals surface area contributed by atoms with Gasteiger partial charge in [0, 0.05) is 0 Å². The first-order chi connectivity index (χ1) is 17.3. The van der Waals surface area contributed by atoms with E-state index in [2.05, 4.69) is 12.2 Å². The zero-order valence-corrected chi connectivity index (χ0v) is 24.7. The van der Waals surface area contributed by atoms with Crippen LogP contribution < -0.4 is 5.32 Å². The predicted octanol–water partition coefficient (Wildman–Crippen LogP) is 10.9. The van der Waals surface area contributed by atoms with Gasteiger partial charge >= 0.3 is 0 Å². The molecule has 2 heteroatoms. The Hall–Kier alpha value is -0.0800. The van der Waals surface area contributed by atoms with Gasteiger partial charge in [0.25, 0.3) is 0 Å². The minimum absolute atomic E-state index is 0.0357. The van der Waals surface area contributed by atoms with E-state index in [9.17, 15) is 5.11 Å². The normalized spacial score (nSPS) is 12.4. The molecule has 0 saturated carbocycles. The molecule has 0 radical (unpaired) electrons. The first kappa shape index (κ1) is 34.9. The van der Waals surface area contributed by atoms with E-state index in [0.717, 1.165) is 12.8 Å². The molecule has 0 rings (SSSR count). The van der Waals surface area contributed by atoms with E-state index >= 15 is 0 Å². The number of hydrogen-bond acceptors (Lipinski definition) is 2. The van der Waals surface area contributed by atoms with Gasteiger partial charge in [-0.05, 0) is 32.9 Å². The van der Waals surface area contributed by atoms with Gasteiger partial charge in [0.2, 0.25) is 0 Å². The van der Waals surface area contributed by atoms with Crippen LogP contribution in [0, 0.1) is 0 Å². The molecule has 0 aromatic carbocycles. The zero-order chi connectivity index (χ0) is 25.5. The molecule has 0 spiro atoms. The fraction of sp³-hybridized carbons (Fsp3) is 1.00. The standard InChI is InChI=1S/C33H69NO/c1-3-4-5-6-7-8-9-15-18-21-24-27-30-33(35)31-28-25-22-19-16-13-11-10-12-14-17-20-23-26-29-32-34-2/h33-35H,3-32H2,1-2H3. The van der Waals surface area contributed by atoms with E-state index in [4.69, 9.17) is 0 Å². The van der Waals surface area contributed by atoms with Gasteiger partial charge in [-0.1, -0.05) is 174 Å². The molecule has 0 aliphatic heterocycles. The van der Waals surface area contributed by atoms with Gasteiger partial charge in [0.15, 0.2) is 0 Å². The lowest BCUT2D eigenvalue weighted by Gasteiger charge is -2.10. The molecule has 0 aromatic heterocycles. The van der Waals surface area contributed by atoms with Crippen LogP contribution in [0.1, 0.15) is 193 Å². The summed E-state index contributed by atoms with van der Waals surface area (Å²) in [5.74, 6) is 0. The van der Waals surface area contributed by atoms with Crippen molar-refractivity contribution in [3.8, 4) is 0 Å². The van der Waals surface area contributed by atoms with Crippen molar-refractivity contribution >= 4 is 0 Å². The summed E-state index contributed by atoms with van der Waals surface area (Å²) in [6, 6.07) is 0. The smallest absolute Gasteiger partial charge is 0.0540 e. The molecule has 0 heterocycles. The molecule has 0 saturated heterocycles. The molecule has 212 valence electrons. The highest BCUT2D eigenvalue weighted by molar-refractivity contribution is 4.58. The van der Waals surface area contributed by atoms with Crippen LogP contribution in [-0.4, -0.2) is 24.8 Å². The van der Waals surface area contributed by atoms with Crippen LogP contribution in [0.15, 0.2) is 0 Å². The first-order valence-corrected chi connectivity index (χ1v) is 16.6. The third-order valence-corrected chi connectivity index (χ3v) is 7.86. The fourth-order valence-corrected chi connectivity index (χ4v) is 5.35. The second kappa shape index (κ2) is 31.9. The van der Waals surface area contributed by atoms with Crippen LogP contribution in [0.25, 0.3) is 0 Å². The fourth-order valence-electron chi connectivity index (χ4n) is 5.35. The Morgan fingerprint density at radius 1 is 0.400 bits per heavy atom. The SMILES string of the molecule is CCCCCCCCCCCCCCC(O)CCCCCCCCCCCCCCCCCNC. The van der Waals surface area contributed by atoms with Crippen LogP contribution in [0.2, 0.25) is 0 Å². The van der Waals surface area contributed by atoms with Gasteiger partial charge in [-0.2, -0.15) is 0 Å². The maximum Gasteiger partial charge on any atom is 0.0540 e. The summed E-state index contributed by atoms with van der Waals surface area (Å²) >= 11 is 0. The van der Waals surface area contributed by atoms with Crippen molar-refractivity contribution in [1.29, 1.82) is 0 Å². The molecule has 1 atom stereocenters. The lowest BCUT2D eigenvalue weighted by atomic mass is 10.0. The Labute approximate surface area is 223 Å². The molecule has 0 bridgehead atoms.